The third-order valence-corrected chi connectivity index (χ3v) is 5.17. The van der Waals surface area contributed by atoms with Crippen LogP contribution >= 0.6 is 0 Å². The van der Waals surface area contributed by atoms with Gasteiger partial charge < -0.3 is 15.1 Å². The van der Waals surface area contributed by atoms with Crippen LogP contribution in [0, 0.1) is 0 Å². The SMILES string of the molecule is O=C1NC(=O)c2c1c1c3ccccc3[nH]c1c1[nH]c3ccc(O)cc3c21. The Bertz CT molecular complexity index is 1460. The fourth-order valence-corrected chi connectivity index (χ4v) is 4.15. The molecule has 0 fully saturated rings. The lowest BCUT2D eigenvalue weighted by atomic mass is 9.97. The summed E-state index contributed by atoms with van der Waals surface area (Å²) in [6.45, 7) is 0. The summed E-state index contributed by atoms with van der Waals surface area (Å²) in [7, 11) is 0. The number of hydrogen-bond donors (Lipinski definition) is 4. The Morgan fingerprint density at radius 3 is 2.08 bits per heavy atom. The molecule has 0 radical (unpaired) electrons. The summed E-state index contributed by atoms with van der Waals surface area (Å²) in [4.78, 5) is 31.9. The number of benzene rings is 3. The fourth-order valence-electron chi connectivity index (χ4n) is 4.15. The highest BCUT2D eigenvalue weighted by Gasteiger charge is 2.34. The van der Waals surface area contributed by atoms with Gasteiger partial charge in [-0.1, -0.05) is 18.2 Å². The van der Waals surface area contributed by atoms with Crippen molar-refractivity contribution >= 4 is 55.4 Å². The molecule has 6 heteroatoms. The molecule has 2 aromatic heterocycles. The second kappa shape index (κ2) is 4.23. The lowest BCUT2D eigenvalue weighted by Crippen LogP contribution is -2.20. The van der Waals surface area contributed by atoms with Gasteiger partial charge in [-0.05, 0) is 24.3 Å². The van der Waals surface area contributed by atoms with Gasteiger partial charge >= 0.3 is 0 Å². The third kappa shape index (κ3) is 1.43. The maximum atomic E-state index is 12.6. The Balaban J connectivity index is 2.01. The second-order valence-corrected chi connectivity index (χ2v) is 6.56. The molecule has 5 aromatic rings. The molecule has 2 amide bonds. The molecule has 0 saturated carbocycles. The highest BCUT2D eigenvalue weighted by Crippen LogP contribution is 2.42. The molecule has 124 valence electrons. The smallest absolute Gasteiger partial charge is 0.259 e. The van der Waals surface area contributed by atoms with E-state index < -0.39 is 11.8 Å². The van der Waals surface area contributed by atoms with Crippen molar-refractivity contribution in [3.8, 4) is 5.75 Å². The van der Waals surface area contributed by atoms with Crippen molar-refractivity contribution in [3.63, 3.8) is 0 Å². The molecule has 6 rings (SSSR count). The van der Waals surface area contributed by atoms with Crippen LogP contribution in [0.1, 0.15) is 20.7 Å². The summed E-state index contributed by atoms with van der Waals surface area (Å²) < 4.78 is 0. The largest absolute Gasteiger partial charge is 0.508 e. The minimum absolute atomic E-state index is 0.105. The van der Waals surface area contributed by atoms with E-state index in [-0.39, 0.29) is 5.75 Å². The topological polar surface area (TPSA) is 98.0 Å². The number of carbonyl (C=O) groups is 2. The van der Waals surface area contributed by atoms with Gasteiger partial charge in [0.2, 0.25) is 0 Å². The molecule has 0 unspecified atom stereocenters. The normalized spacial score (nSPS) is 14.0. The highest BCUT2D eigenvalue weighted by atomic mass is 16.3. The molecular formula is C20H11N3O3. The van der Waals surface area contributed by atoms with Crippen molar-refractivity contribution in [2.24, 2.45) is 0 Å². The van der Waals surface area contributed by atoms with Crippen molar-refractivity contribution in [1.29, 1.82) is 0 Å². The predicted octanol–water partition coefficient (Wildman–Crippen LogP) is 3.54. The number of phenolic OH excluding ortho intramolecular Hbond substituents is 1. The number of fused-ring (bicyclic) bond motifs is 10. The molecule has 6 nitrogen and oxygen atoms in total. The minimum Gasteiger partial charge on any atom is -0.508 e. The number of amides is 2. The Morgan fingerprint density at radius 2 is 1.35 bits per heavy atom. The quantitative estimate of drug-likeness (QED) is 0.324. The monoisotopic (exact) mass is 341 g/mol. The average Bonchev–Trinajstić information content (AvgIpc) is 3.26. The maximum absolute atomic E-state index is 12.6. The number of imide groups is 1. The van der Waals surface area contributed by atoms with Crippen molar-refractivity contribution in [2.45, 2.75) is 0 Å². The van der Waals surface area contributed by atoms with Crippen LogP contribution in [0.3, 0.4) is 0 Å². The van der Waals surface area contributed by atoms with Gasteiger partial charge in [0, 0.05) is 32.6 Å². The van der Waals surface area contributed by atoms with Crippen LogP contribution in [0.5, 0.6) is 5.75 Å². The number of aromatic amines is 2. The van der Waals surface area contributed by atoms with Gasteiger partial charge in [0.25, 0.3) is 11.8 Å². The van der Waals surface area contributed by atoms with Crippen molar-refractivity contribution in [3.05, 3.63) is 53.6 Å². The van der Waals surface area contributed by atoms with Crippen molar-refractivity contribution < 1.29 is 14.7 Å². The molecule has 0 saturated heterocycles. The first kappa shape index (κ1) is 13.5. The van der Waals surface area contributed by atoms with E-state index in [0.29, 0.717) is 21.9 Å². The molecule has 3 aromatic carbocycles. The average molecular weight is 341 g/mol. The van der Waals surface area contributed by atoms with Crippen LogP contribution < -0.4 is 5.32 Å². The number of para-hydroxylation sites is 1. The number of hydrogen-bond acceptors (Lipinski definition) is 3. The number of aromatic hydroxyl groups is 1. The van der Waals surface area contributed by atoms with E-state index in [1.807, 2.05) is 24.3 Å². The first-order chi connectivity index (χ1) is 12.6. The molecule has 0 atom stereocenters. The highest BCUT2D eigenvalue weighted by molar-refractivity contribution is 6.39. The molecule has 0 bridgehead atoms. The van der Waals surface area contributed by atoms with E-state index in [9.17, 15) is 14.7 Å². The minimum atomic E-state index is -0.411. The van der Waals surface area contributed by atoms with E-state index in [4.69, 9.17) is 0 Å². The molecule has 1 aliphatic heterocycles. The zero-order valence-electron chi connectivity index (χ0n) is 13.3. The van der Waals surface area contributed by atoms with Gasteiger partial charge in [-0.3, -0.25) is 14.9 Å². The summed E-state index contributed by atoms with van der Waals surface area (Å²) in [5, 5.41) is 15.3. The van der Waals surface area contributed by atoms with Crippen LogP contribution in [-0.4, -0.2) is 26.9 Å². The number of aromatic nitrogens is 2. The zero-order valence-corrected chi connectivity index (χ0v) is 13.3. The standard InChI is InChI=1S/C20H11N3O3/c24-8-5-6-12-10(7-8)14-16-15(19(25)23-20(16)26)13-9-3-1-2-4-11(9)21-17(13)18(14)22-12/h1-7,21-22,24H,(H,23,25,26). The Labute approximate surface area is 145 Å². The molecule has 26 heavy (non-hydrogen) atoms. The maximum Gasteiger partial charge on any atom is 0.259 e. The van der Waals surface area contributed by atoms with Gasteiger partial charge in [-0.15, -0.1) is 0 Å². The number of nitrogens with one attached hydrogen (secondary N) is 3. The Kier molecular flexibility index (Phi) is 2.20. The fraction of sp³-hybridized carbons (Fsp3) is 0. The lowest BCUT2D eigenvalue weighted by molar-refractivity contribution is 0.0880. The summed E-state index contributed by atoms with van der Waals surface area (Å²) in [5.41, 5.74) is 3.96. The molecule has 0 aliphatic carbocycles. The van der Waals surface area contributed by atoms with Crippen LogP contribution in [0.15, 0.2) is 42.5 Å². The molecule has 3 heterocycles. The van der Waals surface area contributed by atoms with Gasteiger partial charge in [-0.2, -0.15) is 0 Å². The third-order valence-electron chi connectivity index (χ3n) is 5.17. The van der Waals surface area contributed by atoms with Crippen LogP contribution in [0.4, 0.5) is 0 Å². The number of H-pyrrole nitrogens is 2. The number of carbonyl (C=O) groups excluding carboxylic acids is 2. The molecule has 1 aliphatic rings. The van der Waals surface area contributed by atoms with Crippen LogP contribution in [0.2, 0.25) is 0 Å². The molecule has 0 spiro atoms. The van der Waals surface area contributed by atoms with Gasteiger partial charge in [0.05, 0.1) is 22.2 Å². The van der Waals surface area contributed by atoms with Gasteiger partial charge in [0.1, 0.15) is 5.75 Å². The Morgan fingerprint density at radius 1 is 0.731 bits per heavy atom. The van der Waals surface area contributed by atoms with E-state index in [0.717, 1.165) is 32.8 Å². The van der Waals surface area contributed by atoms with E-state index >= 15 is 0 Å². The van der Waals surface area contributed by atoms with E-state index in [2.05, 4.69) is 15.3 Å². The zero-order chi connectivity index (χ0) is 17.6. The van der Waals surface area contributed by atoms with Crippen molar-refractivity contribution in [1.82, 2.24) is 15.3 Å². The lowest BCUT2D eigenvalue weighted by Gasteiger charge is -2.03. The van der Waals surface area contributed by atoms with Crippen LogP contribution in [0.25, 0.3) is 43.6 Å². The summed E-state index contributed by atoms with van der Waals surface area (Å²) in [6, 6.07) is 12.7. The Hall–Kier alpha value is -3.80. The van der Waals surface area contributed by atoms with Crippen LogP contribution in [-0.2, 0) is 0 Å². The van der Waals surface area contributed by atoms with E-state index in [1.165, 1.54) is 0 Å². The summed E-state index contributed by atoms with van der Waals surface area (Å²) >= 11 is 0. The van der Waals surface area contributed by atoms with Crippen molar-refractivity contribution in [2.75, 3.05) is 0 Å². The summed E-state index contributed by atoms with van der Waals surface area (Å²) in [5.74, 6) is -0.698. The number of phenols is 1. The van der Waals surface area contributed by atoms with Gasteiger partial charge in [-0.25, -0.2) is 0 Å². The van der Waals surface area contributed by atoms with Gasteiger partial charge in [0.15, 0.2) is 0 Å². The molecule has 4 N–H and O–H groups in total. The second-order valence-electron chi connectivity index (χ2n) is 6.56. The predicted molar refractivity (Wildman–Crippen MR) is 98.6 cm³/mol. The van der Waals surface area contributed by atoms with E-state index in [1.54, 1.807) is 18.2 Å². The summed E-state index contributed by atoms with van der Waals surface area (Å²) in [6.07, 6.45) is 0. The first-order valence-electron chi connectivity index (χ1n) is 8.20. The molecular weight excluding hydrogens is 330 g/mol. The first-order valence-corrected chi connectivity index (χ1v) is 8.20. The number of rotatable bonds is 0.